The van der Waals surface area contributed by atoms with Crippen LogP contribution in [-0.4, -0.2) is 0 Å². The maximum atomic E-state index is 2.49. The lowest BCUT2D eigenvalue weighted by Gasteiger charge is -2.55. The van der Waals surface area contributed by atoms with Crippen LogP contribution in [0.3, 0.4) is 0 Å². The van der Waals surface area contributed by atoms with Crippen LogP contribution in [0.5, 0.6) is 0 Å². The van der Waals surface area contributed by atoms with E-state index in [9.17, 15) is 0 Å². The standard InChI is InChI=1S/C16H32/c1-8-13-10-14(15(13,5)6)11-16(7,9-2)12(3)4/h12-14H,8-11H2,1-7H3. The van der Waals surface area contributed by atoms with Crippen LogP contribution < -0.4 is 0 Å². The Labute approximate surface area is 103 Å². The zero-order valence-electron chi connectivity index (χ0n) is 12.6. The first-order chi connectivity index (χ1) is 7.28. The molecule has 16 heavy (non-hydrogen) atoms. The van der Waals surface area contributed by atoms with E-state index in [0.717, 1.165) is 17.8 Å². The van der Waals surface area contributed by atoms with E-state index >= 15 is 0 Å². The van der Waals surface area contributed by atoms with Gasteiger partial charge in [-0.2, -0.15) is 0 Å². The van der Waals surface area contributed by atoms with E-state index in [4.69, 9.17) is 0 Å². The third kappa shape index (κ3) is 2.31. The number of hydrogen-bond acceptors (Lipinski definition) is 0. The van der Waals surface area contributed by atoms with Crippen molar-refractivity contribution in [1.82, 2.24) is 0 Å². The molecule has 0 heteroatoms. The molecule has 0 nitrogen and oxygen atoms in total. The summed E-state index contributed by atoms with van der Waals surface area (Å²) in [7, 11) is 0. The van der Waals surface area contributed by atoms with Crippen molar-refractivity contribution >= 4 is 0 Å². The average molecular weight is 224 g/mol. The highest BCUT2D eigenvalue weighted by Gasteiger charge is 2.48. The molecule has 1 aliphatic rings. The molecule has 0 bridgehead atoms. The fourth-order valence-electron chi connectivity index (χ4n) is 3.51. The van der Waals surface area contributed by atoms with E-state index < -0.39 is 0 Å². The van der Waals surface area contributed by atoms with Gasteiger partial charge < -0.3 is 0 Å². The summed E-state index contributed by atoms with van der Waals surface area (Å²) in [6, 6.07) is 0. The van der Waals surface area contributed by atoms with Crippen molar-refractivity contribution in [2.45, 2.75) is 74.1 Å². The van der Waals surface area contributed by atoms with Gasteiger partial charge in [-0.3, -0.25) is 0 Å². The molecule has 0 heterocycles. The minimum Gasteiger partial charge on any atom is -0.0651 e. The summed E-state index contributed by atoms with van der Waals surface area (Å²) in [4.78, 5) is 0. The summed E-state index contributed by atoms with van der Waals surface area (Å²) in [5.74, 6) is 2.75. The Kier molecular flexibility index (Phi) is 4.13. The van der Waals surface area contributed by atoms with Gasteiger partial charge in [-0.25, -0.2) is 0 Å². The quantitative estimate of drug-likeness (QED) is 0.576. The summed E-state index contributed by atoms with van der Waals surface area (Å²) >= 11 is 0. The molecule has 1 rings (SSSR count). The molecule has 1 saturated carbocycles. The molecule has 0 aromatic carbocycles. The molecule has 0 N–H and O–H groups in total. The van der Waals surface area contributed by atoms with Crippen LogP contribution in [0.4, 0.5) is 0 Å². The van der Waals surface area contributed by atoms with E-state index in [1.807, 2.05) is 0 Å². The van der Waals surface area contributed by atoms with Crippen LogP contribution in [0.15, 0.2) is 0 Å². The average Bonchev–Trinajstić information content (AvgIpc) is 2.22. The van der Waals surface area contributed by atoms with E-state index in [0.29, 0.717) is 10.8 Å². The van der Waals surface area contributed by atoms with Crippen LogP contribution >= 0.6 is 0 Å². The van der Waals surface area contributed by atoms with Crippen molar-refractivity contribution in [2.75, 3.05) is 0 Å². The van der Waals surface area contributed by atoms with Crippen LogP contribution in [-0.2, 0) is 0 Å². The molecular weight excluding hydrogens is 192 g/mol. The second-order valence-electron chi connectivity index (χ2n) is 7.23. The van der Waals surface area contributed by atoms with Crippen LogP contribution in [0.25, 0.3) is 0 Å². The molecule has 0 aromatic rings. The van der Waals surface area contributed by atoms with Gasteiger partial charge in [0.05, 0.1) is 0 Å². The minimum absolute atomic E-state index is 0.556. The fourth-order valence-corrected chi connectivity index (χ4v) is 3.51. The lowest BCUT2D eigenvalue weighted by atomic mass is 9.50. The van der Waals surface area contributed by atoms with Gasteiger partial charge in [-0.1, -0.05) is 61.3 Å². The maximum absolute atomic E-state index is 2.49. The highest BCUT2D eigenvalue weighted by Crippen LogP contribution is 2.57. The van der Waals surface area contributed by atoms with Gasteiger partial charge in [-0.05, 0) is 41.4 Å². The molecule has 1 fully saturated rings. The third-order valence-electron chi connectivity index (χ3n) is 6.08. The second-order valence-corrected chi connectivity index (χ2v) is 7.23. The molecule has 3 atom stereocenters. The highest BCUT2D eigenvalue weighted by molar-refractivity contribution is 4.98. The van der Waals surface area contributed by atoms with E-state index in [1.54, 1.807) is 0 Å². The third-order valence-corrected chi connectivity index (χ3v) is 6.08. The van der Waals surface area contributed by atoms with E-state index in [2.05, 4.69) is 48.5 Å². The van der Waals surface area contributed by atoms with Gasteiger partial charge in [0.1, 0.15) is 0 Å². The minimum atomic E-state index is 0.556. The van der Waals surface area contributed by atoms with Crippen molar-refractivity contribution < 1.29 is 0 Å². The van der Waals surface area contributed by atoms with Gasteiger partial charge in [0.25, 0.3) is 0 Å². The van der Waals surface area contributed by atoms with E-state index in [1.165, 1.54) is 25.7 Å². The van der Waals surface area contributed by atoms with Gasteiger partial charge in [0.2, 0.25) is 0 Å². The first-order valence-corrected chi connectivity index (χ1v) is 7.28. The molecule has 0 aromatic heterocycles. The Morgan fingerprint density at radius 3 is 2.06 bits per heavy atom. The lowest BCUT2D eigenvalue weighted by molar-refractivity contribution is -0.0575. The van der Waals surface area contributed by atoms with Crippen LogP contribution in [0.2, 0.25) is 0 Å². The monoisotopic (exact) mass is 224 g/mol. The van der Waals surface area contributed by atoms with Gasteiger partial charge >= 0.3 is 0 Å². The highest BCUT2D eigenvalue weighted by atomic mass is 14.5. The molecular formula is C16H32. The van der Waals surface area contributed by atoms with Gasteiger partial charge in [0, 0.05) is 0 Å². The summed E-state index contributed by atoms with van der Waals surface area (Å²) in [5, 5.41) is 0. The predicted molar refractivity (Wildman–Crippen MR) is 73.5 cm³/mol. The maximum Gasteiger partial charge on any atom is -0.0297 e. The van der Waals surface area contributed by atoms with Gasteiger partial charge in [-0.15, -0.1) is 0 Å². The van der Waals surface area contributed by atoms with E-state index in [-0.39, 0.29) is 0 Å². The van der Waals surface area contributed by atoms with Crippen molar-refractivity contribution in [3.8, 4) is 0 Å². The summed E-state index contributed by atoms with van der Waals surface area (Å²) in [6.45, 7) is 17.0. The Balaban J connectivity index is 2.63. The molecule has 1 aliphatic carbocycles. The zero-order chi connectivity index (χ0) is 12.6. The van der Waals surface area contributed by atoms with Gasteiger partial charge in [0.15, 0.2) is 0 Å². The zero-order valence-corrected chi connectivity index (χ0v) is 12.6. The Morgan fingerprint density at radius 2 is 1.75 bits per heavy atom. The SMILES string of the molecule is CCC1CC(CC(C)(CC)C(C)C)C1(C)C. The topological polar surface area (TPSA) is 0 Å². The molecule has 96 valence electrons. The largest absolute Gasteiger partial charge is 0.0651 e. The molecule has 0 amide bonds. The normalized spacial score (nSPS) is 32.2. The number of hydrogen-bond donors (Lipinski definition) is 0. The smallest absolute Gasteiger partial charge is 0.0297 e. The summed E-state index contributed by atoms with van der Waals surface area (Å²) < 4.78 is 0. The Bertz CT molecular complexity index is 226. The predicted octanol–water partition coefficient (Wildman–Crippen LogP) is 5.52. The first-order valence-electron chi connectivity index (χ1n) is 7.28. The summed E-state index contributed by atoms with van der Waals surface area (Å²) in [6.07, 6.45) is 5.61. The summed E-state index contributed by atoms with van der Waals surface area (Å²) in [5.41, 5.74) is 1.15. The molecule has 3 unspecified atom stereocenters. The van der Waals surface area contributed by atoms with Crippen molar-refractivity contribution in [3.05, 3.63) is 0 Å². The molecule has 0 radical (unpaired) electrons. The molecule has 0 saturated heterocycles. The van der Waals surface area contributed by atoms with Crippen molar-refractivity contribution in [1.29, 1.82) is 0 Å². The molecule has 0 aliphatic heterocycles. The Morgan fingerprint density at radius 1 is 1.19 bits per heavy atom. The lowest BCUT2D eigenvalue weighted by Crippen LogP contribution is -2.47. The number of rotatable bonds is 5. The Hall–Kier alpha value is 0. The van der Waals surface area contributed by atoms with Crippen LogP contribution in [0, 0.1) is 28.6 Å². The second kappa shape index (κ2) is 4.70. The fraction of sp³-hybridized carbons (Fsp3) is 1.00. The van der Waals surface area contributed by atoms with Crippen LogP contribution in [0.1, 0.15) is 74.1 Å². The van der Waals surface area contributed by atoms with Crippen molar-refractivity contribution in [2.24, 2.45) is 28.6 Å². The van der Waals surface area contributed by atoms with Crippen molar-refractivity contribution in [3.63, 3.8) is 0 Å². The molecule has 0 spiro atoms. The first kappa shape index (κ1) is 14.1.